The predicted octanol–water partition coefficient (Wildman–Crippen LogP) is 4.72. The molecule has 0 aliphatic heterocycles. The SMILES string of the molecule is O=C(Cc1ccc(F)c(F)c1)Nc1ccc(-c2ccc(C(=O)[C@@H]3C[C@H]3C(=O)O)cc2)cc1. The summed E-state index contributed by atoms with van der Waals surface area (Å²) in [6.07, 6.45) is 0.303. The number of halogens is 2. The zero-order valence-corrected chi connectivity index (χ0v) is 16.8. The van der Waals surface area contributed by atoms with Crippen LogP contribution in [0.15, 0.2) is 66.7 Å². The van der Waals surface area contributed by atoms with E-state index in [-0.39, 0.29) is 18.1 Å². The van der Waals surface area contributed by atoms with E-state index in [9.17, 15) is 23.2 Å². The van der Waals surface area contributed by atoms with Gasteiger partial charge in [0.05, 0.1) is 12.3 Å². The van der Waals surface area contributed by atoms with Crippen molar-refractivity contribution >= 4 is 23.3 Å². The Morgan fingerprint density at radius 1 is 0.844 bits per heavy atom. The lowest BCUT2D eigenvalue weighted by Crippen LogP contribution is -2.14. The highest BCUT2D eigenvalue weighted by molar-refractivity contribution is 6.03. The maximum atomic E-state index is 13.3. The Bertz CT molecular complexity index is 1190. The van der Waals surface area contributed by atoms with Gasteiger partial charge in [0.2, 0.25) is 5.91 Å². The minimum Gasteiger partial charge on any atom is -0.481 e. The van der Waals surface area contributed by atoms with Crippen molar-refractivity contribution in [2.45, 2.75) is 12.8 Å². The first-order valence-electron chi connectivity index (χ1n) is 10.0. The number of carbonyl (C=O) groups excluding carboxylic acids is 2. The van der Waals surface area contributed by atoms with E-state index in [1.807, 2.05) is 12.1 Å². The molecule has 7 heteroatoms. The summed E-state index contributed by atoms with van der Waals surface area (Å²) in [7, 11) is 0. The second-order valence-electron chi connectivity index (χ2n) is 7.78. The van der Waals surface area contributed by atoms with Crippen molar-refractivity contribution in [2.75, 3.05) is 5.32 Å². The van der Waals surface area contributed by atoms with Crippen LogP contribution in [0.25, 0.3) is 11.1 Å². The van der Waals surface area contributed by atoms with Gasteiger partial charge in [0, 0.05) is 17.2 Å². The van der Waals surface area contributed by atoms with E-state index in [1.165, 1.54) is 6.07 Å². The van der Waals surface area contributed by atoms with Crippen LogP contribution >= 0.6 is 0 Å². The van der Waals surface area contributed by atoms with Crippen LogP contribution in [0.3, 0.4) is 0 Å². The molecule has 0 heterocycles. The number of rotatable bonds is 7. The standard InChI is InChI=1S/C25H19F2NO4/c26-21-10-1-14(11-22(21)27)12-23(29)28-18-8-6-16(7-9-18)15-2-4-17(5-3-15)24(30)19-13-20(19)25(31)32/h1-11,19-20H,12-13H2,(H,28,29)(H,31,32)/t19-,20-/m1/s1. The number of amides is 1. The van der Waals surface area contributed by atoms with E-state index >= 15 is 0 Å². The van der Waals surface area contributed by atoms with Crippen LogP contribution in [-0.2, 0) is 16.0 Å². The molecule has 1 fully saturated rings. The molecule has 0 saturated heterocycles. The van der Waals surface area contributed by atoms with Crippen molar-refractivity contribution in [3.63, 3.8) is 0 Å². The van der Waals surface area contributed by atoms with E-state index in [0.717, 1.165) is 23.3 Å². The van der Waals surface area contributed by atoms with Gasteiger partial charge in [0.15, 0.2) is 17.4 Å². The molecule has 0 radical (unpaired) electrons. The van der Waals surface area contributed by atoms with E-state index in [4.69, 9.17) is 5.11 Å². The van der Waals surface area contributed by atoms with Gasteiger partial charge < -0.3 is 10.4 Å². The summed E-state index contributed by atoms with van der Waals surface area (Å²) in [5, 5.41) is 11.7. The van der Waals surface area contributed by atoms with Crippen molar-refractivity contribution in [1.29, 1.82) is 0 Å². The highest BCUT2D eigenvalue weighted by atomic mass is 19.2. The number of hydrogen-bond donors (Lipinski definition) is 2. The van der Waals surface area contributed by atoms with E-state index in [2.05, 4.69) is 5.32 Å². The molecule has 0 unspecified atom stereocenters. The number of carboxylic acid groups (broad SMARTS) is 1. The number of benzene rings is 3. The smallest absolute Gasteiger partial charge is 0.307 e. The minimum absolute atomic E-state index is 0.0851. The maximum absolute atomic E-state index is 13.3. The van der Waals surface area contributed by atoms with E-state index in [1.54, 1.807) is 36.4 Å². The average Bonchev–Trinajstić information content (AvgIpc) is 3.58. The molecule has 0 aromatic heterocycles. The Labute approximate surface area is 182 Å². The number of ketones is 1. The summed E-state index contributed by atoms with van der Waals surface area (Å²) in [5.74, 6) is -4.41. The lowest BCUT2D eigenvalue weighted by molar-refractivity contribution is -0.138. The van der Waals surface area contributed by atoms with Crippen LogP contribution in [0.5, 0.6) is 0 Å². The number of aliphatic carboxylic acids is 1. The lowest BCUT2D eigenvalue weighted by atomic mass is 10.0. The van der Waals surface area contributed by atoms with E-state index < -0.39 is 29.4 Å². The number of carbonyl (C=O) groups is 3. The first-order chi connectivity index (χ1) is 15.3. The zero-order valence-electron chi connectivity index (χ0n) is 16.8. The maximum Gasteiger partial charge on any atom is 0.307 e. The molecule has 32 heavy (non-hydrogen) atoms. The summed E-state index contributed by atoms with van der Waals surface area (Å²) in [4.78, 5) is 35.5. The number of carboxylic acids is 1. The normalized spacial score (nSPS) is 16.9. The van der Waals surface area contributed by atoms with Gasteiger partial charge in [-0.25, -0.2) is 8.78 Å². The lowest BCUT2D eigenvalue weighted by Gasteiger charge is -2.08. The fraction of sp³-hybridized carbons (Fsp3) is 0.160. The van der Waals surface area contributed by atoms with Crippen molar-refractivity contribution in [3.8, 4) is 11.1 Å². The third kappa shape index (κ3) is 4.72. The molecular formula is C25H19F2NO4. The Balaban J connectivity index is 1.37. The van der Waals surface area contributed by atoms with Crippen LogP contribution < -0.4 is 5.32 Å². The average molecular weight is 435 g/mol. The first kappa shape index (κ1) is 21.4. The van der Waals surface area contributed by atoms with Gasteiger partial charge in [-0.05, 0) is 47.4 Å². The highest BCUT2D eigenvalue weighted by Crippen LogP contribution is 2.41. The van der Waals surface area contributed by atoms with Crippen LogP contribution in [0.1, 0.15) is 22.3 Å². The molecule has 1 amide bonds. The Morgan fingerprint density at radius 2 is 1.47 bits per heavy atom. The van der Waals surface area contributed by atoms with Gasteiger partial charge >= 0.3 is 5.97 Å². The Morgan fingerprint density at radius 3 is 2.03 bits per heavy atom. The van der Waals surface area contributed by atoms with Crippen LogP contribution in [-0.4, -0.2) is 22.8 Å². The first-order valence-corrected chi connectivity index (χ1v) is 10.0. The van der Waals surface area contributed by atoms with Gasteiger partial charge in [-0.1, -0.05) is 42.5 Å². The Kier molecular flexibility index (Phi) is 5.81. The molecule has 1 aliphatic carbocycles. The van der Waals surface area contributed by atoms with Crippen molar-refractivity contribution < 1.29 is 28.3 Å². The summed E-state index contributed by atoms with van der Waals surface area (Å²) >= 11 is 0. The van der Waals surface area contributed by atoms with Gasteiger partial charge in [0.25, 0.3) is 0 Å². The molecule has 162 valence electrons. The zero-order chi connectivity index (χ0) is 22.8. The monoisotopic (exact) mass is 435 g/mol. The fourth-order valence-electron chi connectivity index (χ4n) is 3.58. The van der Waals surface area contributed by atoms with Crippen molar-refractivity contribution in [1.82, 2.24) is 0 Å². The van der Waals surface area contributed by atoms with Crippen LogP contribution in [0.2, 0.25) is 0 Å². The molecule has 3 aromatic rings. The number of hydrogen-bond acceptors (Lipinski definition) is 3. The van der Waals surface area contributed by atoms with Crippen LogP contribution in [0.4, 0.5) is 14.5 Å². The Hall–Kier alpha value is -3.87. The molecular weight excluding hydrogens is 416 g/mol. The third-order valence-corrected chi connectivity index (χ3v) is 5.46. The second kappa shape index (κ2) is 8.70. The molecule has 2 atom stereocenters. The van der Waals surface area contributed by atoms with Gasteiger partial charge in [-0.15, -0.1) is 0 Å². The van der Waals surface area contributed by atoms with Crippen molar-refractivity contribution in [3.05, 3.63) is 89.5 Å². The minimum atomic E-state index is -0.994. The van der Waals surface area contributed by atoms with Gasteiger partial charge in [0.1, 0.15) is 0 Å². The quantitative estimate of drug-likeness (QED) is 0.526. The number of Topliss-reactive ketones (excluding diaryl/α,β-unsaturated/α-hetero) is 1. The topological polar surface area (TPSA) is 83.5 Å². The van der Waals surface area contributed by atoms with Gasteiger partial charge in [-0.3, -0.25) is 14.4 Å². The summed E-state index contributed by atoms with van der Waals surface area (Å²) < 4.78 is 26.3. The molecule has 2 N–H and O–H groups in total. The predicted molar refractivity (Wildman–Crippen MR) is 114 cm³/mol. The summed E-state index contributed by atoms with van der Waals surface area (Å²) in [6, 6.07) is 17.4. The number of anilines is 1. The molecule has 0 bridgehead atoms. The fourth-order valence-corrected chi connectivity index (χ4v) is 3.58. The summed E-state index contributed by atoms with van der Waals surface area (Å²) in [6.45, 7) is 0. The van der Waals surface area contributed by atoms with Crippen molar-refractivity contribution in [2.24, 2.45) is 11.8 Å². The molecule has 3 aromatic carbocycles. The van der Waals surface area contributed by atoms with E-state index in [0.29, 0.717) is 23.2 Å². The third-order valence-electron chi connectivity index (χ3n) is 5.46. The second-order valence-corrected chi connectivity index (χ2v) is 7.78. The largest absolute Gasteiger partial charge is 0.481 e. The molecule has 0 spiro atoms. The summed E-state index contributed by atoms with van der Waals surface area (Å²) in [5.41, 5.74) is 3.16. The van der Waals surface area contributed by atoms with Gasteiger partial charge in [-0.2, -0.15) is 0 Å². The molecule has 1 aliphatic rings. The van der Waals surface area contributed by atoms with Crippen LogP contribution in [0, 0.1) is 23.5 Å². The molecule has 1 saturated carbocycles. The highest BCUT2D eigenvalue weighted by Gasteiger charge is 2.48. The number of nitrogens with one attached hydrogen (secondary N) is 1. The molecule has 4 rings (SSSR count). The molecule has 5 nitrogen and oxygen atoms in total.